The molecule has 6 nitrogen and oxygen atoms in total. The number of methoxy groups -OCH3 is 1. The van der Waals surface area contributed by atoms with Crippen LogP contribution in [-0.2, 0) is 0 Å². The zero-order valence-corrected chi connectivity index (χ0v) is 11.4. The molecule has 104 valence electrons. The first kappa shape index (κ1) is 13.6. The summed E-state index contributed by atoms with van der Waals surface area (Å²) in [4.78, 5) is 21.9. The van der Waals surface area contributed by atoms with E-state index < -0.39 is 0 Å². The number of rotatable bonds is 2. The van der Waals surface area contributed by atoms with Gasteiger partial charge in [0.1, 0.15) is 12.1 Å². The van der Waals surface area contributed by atoms with E-state index in [1.807, 2.05) is 4.90 Å². The fourth-order valence-electron chi connectivity index (χ4n) is 2.17. The number of nitrogens with zero attached hydrogens (tertiary/aromatic N) is 3. The molecule has 1 unspecified atom stereocenters. The minimum atomic E-state index is -0.102. The van der Waals surface area contributed by atoms with Crippen molar-refractivity contribution in [3.63, 3.8) is 0 Å². The average molecular weight is 264 g/mol. The van der Waals surface area contributed by atoms with Crippen LogP contribution in [-0.4, -0.2) is 41.1 Å². The molecule has 2 rings (SSSR count). The number of amides is 2. The second-order valence-electron chi connectivity index (χ2n) is 4.90. The van der Waals surface area contributed by atoms with Crippen LogP contribution in [0.25, 0.3) is 0 Å². The summed E-state index contributed by atoms with van der Waals surface area (Å²) < 4.78 is 5.00. The number of ether oxygens (including phenoxy) is 1. The van der Waals surface area contributed by atoms with Gasteiger partial charge in [-0.3, -0.25) is 5.32 Å². The molecular weight excluding hydrogens is 244 g/mol. The Morgan fingerprint density at radius 2 is 2.26 bits per heavy atom. The van der Waals surface area contributed by atoms with Crippen molar-refractivity contribution in [3.05, 3.63) is 12.4 Å². The largest absolute Gasteiger partial charge is 0.481 e. The number of carbonyl (C=O) groups is 1. The Labute approximate surface area is 113 Å². The van der Waals surface area contributed by atoms with E-state index in [-0.39, 0.29) is 6.03 Å². The lowest BCUT2D eigenvalue weighted by molar-refractivity contribution is 0.213. The first-order valence-corrected chi connectivity index (χ1v) is 6.61. The van der Waals surface area contributed by atoms with Crippen molar-refractivity contribution in [2.24, 2.45) is 5.92 Å². The van der Waals surface area contributed by atoms with Crippen LogP contribution in [0.15, 0.2) is 12.4 Å². The highest BCUT2D eigenvalue weighted by atomic mass is 16.5. The Bertz CT molecular complexity index is 438. The summed E-state index contributed by atoms with van der Waals surface area (Å²) >= 11 is 0. The normalized spacial score (nSPS) is 19.7. The number of likely N-dealkylation sites (tertiary alicyclic amines) is 1. The maximum Gasteiger partial charge on any atom is 0.323 e. The van der Waals surface area contributed by atoms with E-state index in [9.17, 15) is 4.79 Å². The predicted octanol–water partition coefficient (Wildman–Crippen LogP) is 2.14. The van der Waals surface area contributed by atoms with E-state index in [1.54, 1.807) is 6.07 Å². The molecule has 1 fully saturated rings. The van der Waals surface area contributed by atoms with Crippen molar-refractivity contribution in [1.29, 1.82) is 0 Å². The maximum atomic E-state index is 12.1. The van der Waals surface area contributed by atoms with Gasteiger partial charge in [0, 0.05) is 19.2 Å². The van der Waals surface area contributed by atoms with Crippen LogP contribution in [0.4, 0.5) is 10.6 Å². The molecular formula is C13H20N4O2. The predicted molar refractivity (Wildman–Crippen MR) is 72.2 cm³/mol. The van der Waals surface area contributed by atoms with Gasteiger partial charge in [0.2, 0.25) is 5.88 Å². The molecule has 6 heteroatoms. The van der Waals surface area contributed by atoms with Gasteiger partial charge in [0.25, 0.3) is 0 Å². The number of carbonyl (C=O) groups excluding carboxylic acids is 1. The highest BCUT2D eigenvalue weighted by Gasteiger charge is 2.18. The Balaban J connectivity index is 1.96. The average Bonchev–Trinajstić information content (AvgIpc) is 2.64. The number of hydrogen-bond donors (Lipinski definition) is 1. The van der Waals surface area contributed by atoms with Gasteiger partial charge in [-0.25, -0.2) is 14.8 Å². The standard InChI is InChI=1S/C13H20N4O2/c1-10-4-3-6-17(7-5-10)13(18)16-11-8-12(19-2)15-9-14-11/h8-10H,3-7H2,1-2H3,(H,14,15,16,18). The molecule has 1 aromatic heterocycles. The summed E-state index contributed by atoms with van der Waals surface area (Å²) in [6, 6.07) is 1.51. The van der Waals surface area contributed by atoms with Gasteiger partial charge in [-0.15, -0.1) is 0 Å². The molecule has 1 aromatic rings. The molecule has 1 saturated heterocycles. The van der Waals surface area contributed by atoms with Crippen LogP contribution < -0.4 is 10.1 Å². The van der Waals surface area contributed by atoms with E-state index in [2.05, 4.69) is 22.2 Å². The topological polar surface area (TPSA) is 67.3 Å². The number of anilines is 1. The minimum absolute atomic E-state index is 0.102. The molecule has 0 saturated carbocycles. The summed E-state index contributed by atoms with van der Waals surface area (Å²) in [5.41, 5.74) is 0. The SMILES string of the molecule is COc1cc(NC(=O)N2CCCC(C)CC2)ncn1. The smallest absolute Gasteiger partial charge is 0.323 e. The lowest BCUT2D eigenvalue weighted by atomic mass is 10.0. The second kappa shape index (κ2) is 6.36. The molecule has 0 radical (unpaired) electrons. The van der Waals surface area contributed by atoms with Crippen molar-refractivity contribution in [2.75, 3.05) is 25.5 Å². The summed E-state index contributed by atoms with van der Waals surface area (Å²) in [5, 5.41) is 2.78. The number of hydrogen-bond acceptors (Lipinski definition) is 4. The van der Waals surface area contributed by atoms with Crippen LogP contribution in [0, 0.1) is 5.92 Å². The van der Waals surface area contributed by atoms with E-state index in [0.29, 0.717) is 17.6 Å². The Morgan fingerprint density at radius 3 is 3.05 bits per heavy atom. The molecule has 1 aliphatic rings. The number of nitrogens with one attached hydrogen (secondary N) is 1. The van der Waals surface area contributed by atoms with E-state index in [4.69, 9.17) is 4.74 Å². The highest BCUT2D eigenvalue weighted by Crippen LogP contribution is 2.17. The van der Waals surface area contributed by atoms with Crippen LogP contribution in [0.3, 0.4) is 0 Å². The fourth-order valence-corrected chi connectivity index (χ4v) is 2.17. The lowest BCUT2D eigenvalue weighted by Crippen LogP contribution is -2.35. The third-order valence-corrected chi connectivity index (χ3v) is 3.39. The zero-order valence-electron chi connectivity index (χ0n) is 11.4. The molecule has 0 spiro atoms. The van der Waals surface area contributed by atoms with Gasteiger partial charge in [-0.1, -0.05) is 6.92 Å². The third-order valence-electron chi connectivity index (χ3n) is 3.39. The first-order chi connectivity index (χ1) is 9.19. The van der Waals surface area contributed by atoms with Gasteiger partial charge >= 0.3 is 6.03 Å². The van der Waals surface area contributed by atoms with Crippen LogP contribution >= 0.6 is 0 Å². The lowest BCUT2D eigenvalue weighted by Gasteiger charge is -2.20. The van der Waals surface area contributed by atoms with Gasteiger partial charge in [0.15, 0.2) is 0 Å². The van der Waals surface area contributed by atoms with Crippen LogP contribution in [0.1, 0.15) is 26.2 Å². The van der Waals surface area contributed by atoms with E-state index in [1.165, 1.54) is 19.9 Å². The molecule has 0 bridgehead atoms. The van der Waals surface area contributed by atoms with E-state index in [0.717, 1.165) is 25.9 Å². The van der Waals surface area contributed by atoms with Crippen molar-refractivity contribution < 1.29 is 9.53 Å². The van der Waals surface area contributed by atoms with Crippen molar-refractivity contribution in [3.8, 4) is 5.88 Å². The van der Waals surface area contributed by atoms with Crippen LogP contribution in [0.2, 0.25) is 0 Å². The molecule has 2 heterocycles. The first-order valence-electron chi connectivity index (χ1n) is 6.61. The highest BCUT2D eigenvalue weighted by molar-refractivity contribution is 5.88. The molecule has 1 N–H and O–H groups in total. The maximum absolute atomic E-state index is 12.1. The molecule has 1 atom stereocenters. The van der Waals surface area contributed by atoms with Crippen molar-refractivity contribution in [1.82, 2.24) is 14.9 Å². The quantitative estimate of drug-likeness (QED) is 0.888. The molecule has 19 heavy (non-hydrogen) atoms. The summed E-state index contributed by atoms with van der Waals surface area (Å²) in [6.07, 6.45) is 4.67. The summed E-state index contributed by atoms with van der Waals surface area (Å²) in [5.74, 6) is 1.60. The van der Waals surface area contributed by atoms with Gasteiger partial charge in [-0.05, 0) is 25.2 Å². The number of aromatic nitrogens is 2. The monoisotopic (exact) mass is 264 g/mol. The Hall–Kier alpha value is -1.85. The molecule has 0 aromatic carbocycles. The minimum Gasteiger partial charge on any atom is -0.481 e. The zero-order chi connectivity index (χ0) is 13.7. The Kier molecular flexibility index (Phi) is 4.54. The van der Waals surface area contributed by atoms with Crippen molar-refractivity contribution in [2.45, 2.75) is 26.2 Å². The van der Waals surface area contributed by atoms with Gasteiger partial charge in [-0.2, -0.15) is 0 Å². The van der Waals surface area contributed by atoms with Crippen molar-refractivity contribution >= 4 is 11.8 Å². The van der Waals surface area contributed by atoms with E-state index >= 15 is 0 Å². The summed E-state index contributed by atoms with van der Waals surface area (Å²) in [7, 11) is 1.53. The summed E-state index contributed by atoms with van der Waals surface area (Å²) in [6.45, 7) is 3.84. The molecule has 1 aliphatic heterocycles. The molecule has 0 aliphatic carbocycles. The Morgan fingerprint density at radius 1 is 1.42 bits per heavy atom. The number of urea groups is 1. The molecule has 2 amide bonds. The van der Waals surface area contributed by atoms with Gasteiger partial charge < -0.3 is 9.64 Å². The van der Waals surface area contributed by atoms with Crippen LogP contribution in [0.5, 0.6) is 5.88 Å². The fraction of sp³-hybridized carbons (Fsp3) is 0.615. The van der Waals surface area contributed by atoms with Gasteiger partial charge in [0.05, 0.1) is 7.11 Å². The second-order valence-corrected chi connectivity index (χ2v) is 4.90. The third kappa shape index (κ3) is 3.81.